The monoisotopic (exact) mass is 273 g/mol. The minimum atomic E-state index is 0.0512. The van der Waals surface area contributed by atoms with Gasteiger partial charge in [-0.1, -0.05) is 20.3 Å². The zero-order valence-corrected chi connectivity index (χ0v) is 12.3. The Balaban J connectivity index is 1.78. The van der Waals surface area contributed by atoms with Crippen LogP contribution in [0.4, 0.5) is 17.1 Å². The third-order valence-electron chi connectivity index (χ3n) is 4.47. The number of benzene rings is 1. The van der Waals surface area contributed by atoms with E-state index in [4.69, 9.17) is 5.73 Å². The Hall–Kier alpha value is -1.71. The molecule has 1 aromatic carbocycles. The molecule has 20 heavy (non-hydrogen) atoms. The lowest BCUT2D eigenvalue weighted by Gasteiger charge is -2.36. The number of anilines is 3. The van der Waals surface area contributed by atoms with Crippen molar-refractivity contribution in [2.45, 2.75) is 52.0 Å². The SMILES string of the molecule is CC1(C)CCCC(Nc2cc3c(cc2N)CC(=O)N3)C1. The molecule has 4 nitrogen and oxygen atoms in total. The van der Waals surface area contributed by atoms with Crippen molar-refractivity contribution >= 4 is 23.0 Å². The fourth-order valence-corrected chi connectivity index (χ4v) is 3.46. The van der Waals surface area contributed by atoms with Gasteiger partial charge in [-0.25, -0.2) is 0 Å². The van der Waals surface area contributed by atoms with E-state index in [0.29, 0.717) is 17.9 Å². The van der Waals surface area contributed by atoms with Gasteiger partial charge < -0.3 is 16.4 Å². The number of nitrogens with one attached hydrogen (secondary N) is 2. The Morgan fingerprint density at radius 1 is 1.40 bits per heavy atom. The molecule has 0 radical (unpaired) electrons. The largest absolute Gasteiger partial charge is 0.397 e. The number of carbonyl (C=O) groups is 1. The molecule has 1 heterocycles. The number of carbonyl (C=O) groups excluding carboxylic acids is 1. The molecule has 1 aliphatic carbocycles. The second-order valence-corrected chi connectivity index (χ2v) is 6.92. The third-order valence-corrected chi connectivity index (χ3v) is 4.47. The van der Waals surface area contributed by atoms with E-state index in [0.717, 1.165) is 29.0 Å². The van der Waals surface area contributed by atoms with Gasteiger partial charge in [-0.15, -0.1) is 0 Å². The highest BCUT2D eigenvalue weighted by atomic mass is 16.1. The lowest BCUT2D eigenvalue weighted by atomic mass is 9.75. The average Bonchev–Trinajstić information content (AvgIpc) is 2.67. The number of hydrogen-bond acceptors (Lipinski definition) is 3. The molecule has 2 aliphatic rings. The summed E-state index contributed by atoms with van der Waals surface area (Å²) in [6.45, 7) is 4.65. The normalized spacial score (nSPS) is 24.1. The van der Waals surface area contributed by atoms with Crippen LogP contribution in [0.25, 0.3) is 0 Å². The predicted molar refractivity (Wildman–Crippen MR) is 82.8 cm³/mol. The molecule has 0 saturated heterocycles. The lowest BCUT2D eigenvalue weighted by molar-refractivity contribution is -0.115. The number of hydrogen-bond donors (Lipinski definition) is 3. The van der Waals surface area contributed by atoms with Gasteiger partial charge in [-0.3, -0.25) is 4.79 Å². The fourth-order valence-electron chi connectivity index (χ4n) is 3.46. The van der Waals surface area contributed by atoms with Crippen LogP contribution in [0.15, 0.2) is 12.1 Å². The van der Waals surface area contributed by atoms with E-state index in [9.17, 15) is 4.79 Å². The molecule has 1 fully saturated rings. The van der Waals surface area contributed by atoms with Crippen LogP contribution in [0.5, 0.6) is 0 Å². The number of nitrogen functional groups attached to an aromatic ring is 1. The van der Waals surface area contributed by atoms with Crippen LogP contribution < -0.4 is 16.4 Å². The molecule has 1 aromatic rings. The topological polar surface area (TPSA) is 67.1 Å². The van der Waals surface area contributed by atoms with Crippen LogP contribution in [0.3, 0.4) is 0 Å². The molecule has 0 bridgehead atoms. The fraction of sp³-hybridized carbons (Fsp3) is 0.562. The summed E-state index contributed by atoms with van der Waals surface area (Å²) in [6, 6.07) is 4.37. The smallest absolute Gasteiger partial charge is 0.228 e. The highest BCUT2D eigenvalue weighted by Gasteiger charge is 2.28. The van der Waals surface area contributed by atoms with Crippen molar-refractivity contribution in [1.29, 1.82) is 0 Å². The maximum atomic E-state index is 11.4. The third kappa shape index (κ3) is 2.60. The van der Waals surface area contributed by atoms with Gasteiger partial charge in [-0.05, 0) is 42.4 Å². The Morgan fingerprint density at radius 3 is 2.95 bits per heavy atom. The summed E-state index contributed by atoms with van der Waals surface area (Å²) in [7, 11) is 0. The Kier molecular flexibility index (Phi) is 3.11. The summed E-state index contributed by atoms with van der Waals surface area (Å²) >= 11 is 0. The molecule has 108 valence electrons. The minimum Gasteiger partial charge on any atom is -0.397 e. The summed E-state index contributed by atoms with van der Waals surface area (Å²) in [4.78, 5) is 11.4. The van der Waals surface area contributed by atoms with Crippen LogP contribution in [0.2, 0.25) is 0 Å². The second-order valence-electron chi connectivity index (χ2n) is 6.92. The van der Waals surface area contributed by atoms with Gasteiger partial charge in [0, 0.05) is 11.7 Å². The number of rotatable bonds is 2. The molecule has 0 spiro atoms. The molecule has 1 saturated carbocycles. The molecule has 1 atom stereocenters. The van der Waals surface area contributed by atoms with Crippen molar-refractivity contribution in [2.75, 3.05) is 16.4 Å². The maximum Gasteiger partial charge on any atom is 0.228 e. The highest BCUT2D eigenvalue weighted by molar-refractivity contribution is 6.00. The van der Waals surface area contributed by atoms with Gasteiger partial charge in [0.15, 0.2) is 0 Å². The lowest BCUT2D eigenvalue weighted by Crippen LogP contribution is -2.32. The van der Waals surface area contributed by atoms with Crippen molar-refractivity contribution in [3.63, 3.8) is 0 Å². The zero-order valence-electron chi connectivity index (χ0n) is 12.3. The van der Waals surface area contributed by atoms with Gasteiger partial charge in [0.25, 0.3) is 0 Å². The molecule has 1 unspecified atom stereocenters. The predicted octanol–water partition coefficient (Wildman–Crippen LogP) is 3.14. The molecular weight excluding hydrogens is 250 g/mol. The van der Waals surface area contributed by atoms with Gasteiger partial charge in [0.1, 0.15) is 0 Å². The van der Waals surface area contributed by atoms with E-state index in [2.05, 4.69) is 24.5 Å². The minimum absolute atomic E-state index is 0.0512. The van der Waals surface area contributed by atoms with Gasteiger partial charge in [0.2, 0.25) is 5.91 Å². The van der Waals surface area contributed by atoms with Gasteiger partial charge in [-0.2, -0.15) is 0 Å². The molecule has 4 N–H and O–H groups in total. The average molecular weight is 273 g/mol. The van der Waals surface area contributed by atoms with Crippen LogP contribution in [-0.4, -0.2) is 11.9 Å². The molecule has 3 rings (SSSR count). The highest BCUT2D eigenvalue weighted by Crippen LogP contribution is 2.38. The van der Waals surface area contributed by atoms with Crippen LogP contribution in [0.1, 0.15) is 45.1 Å². The quantitative estimate of drug-likeness (QED) is 0.725. The van der Waals surface area contributed by atoms with E-state index in [-0.39, 0.29) is 5.91 Å². The summed E-state index contributed by atoms with van der Waals surface area (Å²) in [5.41, 5.74) is 10.1. The van der Waals surface area contributed by atoms with E-state index >= 15 is 0 Å². The first-order valence-corrected chi connectivity index (χ1v) is 7.42. The number of amides is 1. The summed E-state index contributed by atoms with van der Waals surface area (Å²) in [6.07, 6.45) is 5.34. The standard InChI is InChI=1S/C16H23N3O/c1-16(2)5-3-4-11(9-16)18-14-8-13-10(6-12(14)17)7-15(20)19-13/h6,8,11,18H,3-5,7,9,17H2,1-2H3,(H,19,20). The summed E-state index contributed by atoms with van der Waals surface area (Å²) in [5.74, 6) is 0.0512. The number of nitrogens with two attached hydrogens (primary N) is 1. The summed E-state index contributed by atoms with van der Waals surface area (Å²) < 4.78 is 0. The number of fused-ring (bicyclic) bond motifs is 1. The van der Waals surface area contributed by atoms with Crippen molar-refractivity contribution in [3.8, 4) is 0 Å². The van der Waals surface area contributed by atoms with Crippen LogP contribution in [0, 0.1) is 5.41 Å². The van der Waals surface area contributed by atoms with Crippen LogP contribution >= 0.6 is 0 Å². The summed E-state index contributed by atoms with van der Waals surface area (Å²) in [5, 5.41) is 6.46. The Labute approximate surface area is 120 Å². The van der Waals surface area contributed by atoms with Gasteiger partial charge >= 0.3 is 0 Å². The first kappa shape index (κ1) is 13.3. The molecule has 1 aliphatic heterocycles. The van der Waals surface area contributed by atoms with Gasteiger partial charge in [0.05, 0.1) is 17.8 Å². The van der Waals surface area contributed by atoms with Crippen molar-refractivity contribution < 1.29 is 4.79 Å². The van der Waals surface area contributed by atoms with Crippen molar-refractivity contribution in [1.82, 2.24) is 0 Å². The van der Waals surface area contributed by atoms with E-state index in [1.54, 1.807) is 0 Å². The Bertz CT molecular complexity index is 551. The van der Waals surface area contributed by atoms with E-state index < -0.39 is 0 Å². The first-order valence-electron chi connectivity index (χ1n) is 7.42. The molecule has 4 heteroatoms. The first-order chi connectivity index (χ1) is 9.43. The van der Waals surface area contributed by atoms with Crippen LogP contribution in [-0.2, 0) is 11.2 Å². The second kappa shape index (κ2) is 4.69. The maximum absolute atomic E-state index is 11.4. The molecule has 0 aromatic heterocycles. The molecular formula is C16H23N3O. The van der Waals surface area contributed by atoms with Crippen molar-refractivity contribution in [2.24, 2.45) is 5.41 Å². The van der Waals surface area contributed by atoms with Crippen molar-refractivity contribution in [3.05, 3.63) is 17.7 Å². The molecule has 1 amide bonds. The Morgan fingerprint density at radius 2 is 2.20 bits per heavy atom. The van der Waals surface area contributed by atoms with E-state index in [1.807, 2.05) is 12.1 Å². The zero-order chi connectivity index (χ0) is 14.3. The van der Waals surface area contributed by atoms with E-state index in [1.165, 1.54) is 19.3 Å².